The molecule has 0 aliphatic heterocycles. The molecule has 46 heavy (non-hydrogen) atoms. The first-order valence-corrected chi connectivity index (χ1v) is 21.7. The quantitative estimate of drug-likeness (QED) is 0.0496. The molecule has 0 aliphatic carbocycles. The molecular weight excluding hydrogens is 560 g/mol. The van der Waals surface area contributed by atoms with Gasteiger partial charge in [0.2, 0.25) is 0 Å². The van der Waals surface area contributed by atoms with E-state index in [4.69, 9.17) is 0 Å². The van der Waals surface area contributed by atoms with E-state index in [1.165, 1.54) is 219 Å². The van der Waals surface area contributed by atoms with Crippen molar-refractivity contribution in [2.24, 2.45) is 0 Å². The Morgan fingerprint density at radius 2 is 0.326 bits per heavy atom. The molecule has 0 aliphatic rings. The van der Waals surface area contributed by atoms with Gasteiger partial charge < -0.3 is 21.3 Å². The third-order valence-corrected chi connectivity index (χ3v) is 9.85. The largest absolute Gasteiger partial charge is 0.315 e. The monoisotopic (exact) mass is 651 g/mol. The molecule has 0 saturated carbocycles. The van der Waals surface area contributed by atoms with Crippen LogP contribution in [0.15, 0.2) is 0 Å². The average Bonchev–Trinajstić information content (AvgIpc) is 3.07. The van der Waals surface area contributed by atoms with Crippen LogP contribution in [0.4, 0.5) is 0 Å². The Morgan fingerprint density at radius 1 is 0.174 bits per heavy atom. The lowest BCUT2D eigenvalue weighted by Crippen LogP contribution is -2.35. The van der Waals surface area contributed by atoms with Crippen LogP contribution in [0.2, 0.25) is 0 Å². The van der Waals surface area contributed by atoms with E-state index in [-0.39, 0.29) is 0 Å². The summed E-state index contributed by atoms with van der Waals surface area (Å²) in [4.78, 5) is 0. The zero-order valence-corrected chi connectivity index (χ0v) is 32.3. The molecule has 0 fully saturated rings. The summed E-state index contributed by atoms with van der Waals surface area (Å²) >= 11 is 0. The van der Waals surface area contributed by atoms with Crippen molar-refractivity contribution in [3.05, 3.63) is 0 Å². The van der Waals surface area contributed by atoms with E-state index in [0.717, 1.165) is 39.3 Å². The molecule has 0 radical (unpaired) electrons. The SMILES string of the molecule is CCCCCCCCCCCCCCCCCCNCCNCCNCCNCCCCCCCCCCCCCCCCCC. The molecule has 0 unspecified atom stereocenters. The Bertz CT molecular complexity index is 456. The Labute approximate surface area is 292 Å². The highest BCUT2D eigenvalue weighted by atomic mass is 15.0. The van der Waals surface area contributed by atoms with E-state index in [0.29, 0.717) is 0 Å². The first kappa shape index (κ1) is 45.8. The molecule has 0 bridgehead atoms. The molecule has 0 aromatic heterocycles. The molecule has 0 spiro atoms. The predicted molar refractivity (Wildman–Crippen MR) is 211 cm³/mol. The summed E-state index contributed by atoms with van der Waals surface area (Å²) in [5, 5.41) is 14.3. The maximum absolute atomic E-state index is 3.61. The normalized spacial score (nSPS) is 11.6. The minimum atomic E-state index is 1.07. The molecule has 278 valence electrons. The lowest BCUT2D eigenvalue weighted by atomic mass is 10.0. The van der Waals surface area contributed by atoms with Crippen LogP contribution >= 0.6 is 0 Å². The number of hydrogen-bond acceptors (Lipinski definition) is 4. The van der Waals surface area contributed by atoms with Gasteiger partial charge in [0.25, 0.3) is 0 Å². The predicted octanol–water partition coefficient (Wildman–Crippen LogP) is 11.9. The van der Waals surface area contributed by atoms with Crippen LogP contribution in [0.3, 0.4) is 0 Å². The second-order valence-corrected chi connectivity index (χ2v) is 14.6. The van der Waals surface area contributed by atoms with E-state index in [2.05, 4.69) is 35.1 Å². The van der Waals surface area contributed by atoms with Crippen molar-refractivity contribution in [2.75, 3.05) is 52.4 Å². The van der Waals surface area contributed by atoms with Gasteiger partial charge in [0.15, 0.2) is 0 Å². The van der Waals surface area contributed by atoms with Gasteiger partial charge in [-0.3, -0.25) is 0 Å². The van der Waals surface area contributed by atoms with E-state index < -0.39 is 0 Å². The minimum Gasteiger partial charge on any atom is -0.315 e. The molecule has 0 amide bonds. The first-order chi connectivity index (χ1) is 22.9. The number of nitrogens with one attached hydrogen (secondary N) is 4. The van der Waals surface area contributed by atoms with Gasteiger partial charge in [-0.25, -0.2) is 0 Å². The average molecular weight is 651 g/mol. The van der Waals surface area contributed by atoms with Crippen molar-refractivity contribution in [3.8, 4) is 0 Å². The fourth-order valence-electron chi connectivity index (χ4n) is 6.63. The lowest BCUT2D eigenvalue weighted by Gasteiger charge is -2.09. The van der Waals surface area contributed by atoms with Crippen molar-refractivity contribution < 1.29 is 0 Å². The maximum atomic E-state index is 3.61. The van der Waals surface area contributed by atoms with E-state index >= 15 is 0 Å². The van der Waals surface area contributed by atoms with Gasteiger partial charge in [-0.05, 0) is 25.9 Å². The van der Waals surface area contributed by atoms with Crippen molar-refractivity contribution in [2.45, 2.75) is 219 Å². The number of hydrogen-bond donors (Lipinski definition) is 4. The molecule has 0 saturated heterocycles. The van der Waals surface area contributed by atoms with Crippen molar-refractivity contribution in [3.63, 3.8) is 0 Å². The van der Waals surface area contributed by atoms with Crippen LogP contribution < -0.4 is 21.3 Å². The van der Waals surface area contributed by atoms with Crippen LogP contribution in [0.1, 0.15) is 219 Å². The highest BCUT2D eigenvalue weighted by Crippen LogP contribution is 2.15. The van der Waals surface area contributed by atoms with Crippen molar-refractivity contribution in [1.29, 1.82) is 0 Å². The highest BCUT2D eigenvalue weighted by Gasteiger charge is 1.97. The molecule has 0 aromatic rings. The smallest absolute Gasteiger partial charge is 0.00772 e. The fourth-order valence-corrected chi connectivity index (χ4v) is 6.63. The van der Waals surface area contributed by atoms with Crippen LogP contribution in [0, 0.1) is 0 Å². The third-order valence-electron chi connectivity index (χ3n) is 9.85. The molecule has 0 heterocycles. The Morgan fingerprint density at radius 3 is 0.522 bits per heavy atom. The molecular formula is C42H90N4. The van der Waals surface area contributed by atoms with Gasteiger partial charge in [0.1, 0.15) is 0 Å². The highest BCUT2D eigenvalue weighted by molar-refractivity contribution is 4.58. The minimum absolute atomic E-state index is 1.07. The van der Waals surface area contributed by atoms with Gasteiger partial charge in [-0.1, -0.05) is 206 Å². The molecule has 4 heteroatoms. The zero-order valence-electron chi connectivity index (χ0n) is 32.3. The van der Waals surface area contributed by atoms with Crippen LogP contribution in [0.25, 0.3) is 0 Å². The lowest BCUT2D eigenvalue weighted by molar-refractivity contribution is 0.519. The summed E-state index contributed by atoms with van der Waals surface area (Å²) in [7, 11) is 0. The van der Waals surface area contributed by atoms with Gasteiger partial charge in [0.05, 0.1) is 0 Å². The molecule has 0 aromatic carbocycles. The number of rotatable bonds is 43. The summed E-state index contributed by atoms with van der Waals surface area (Å²) in [5.74, 6) is 0. The molecule has 0 atom stereocenters. The van der Waals surface area contributed by atoms with Gasteiger partial charge in [0, 0.05) is 39.3 Å². The zero-order chi connectivity index (χ0) is 33.1. The second-order valence-electron chi connectivity index (χ2n) is 14.6. The van der Waals surface area contributed by atoms with Crippen LogP contribution in [-0.4, -0.2) is 52.4 Å². The standard InChI is InChI=1S/C42H90N4/c1-3-5-7-9-11-13-15-17-19-21-23-25-27-29-31-33-35-43-37-39-45-41-42-46-40-38-44-36-34-32-30-28-26-24-22-20-18-16-14-12-10-8-6-4-2/h43-46H,3-42H2,1-2H3. The van der Waals surface area contributed by atoms with Gasteiger partial charge in [-0.2, -0.15) is 0 Å². The topological polar surface area (TPSA) is 48.1 Å². The molecule has 0 rings (SSSR count). The van der Waals surface area contributed by atoms with Crippen molar-refractivity contribution in [1.82, 2.24) is 21.3 Å². The van der Waals surface area contributed by atoms with E-state index in [1.807, 2.05) is 0 Å². The summed E-state index contributed by atoms with van der Waals surface area (Å²) in [6.07, 6.45) is 46.2. The Hall–Kier alpha value is -0.160. The van der Waals surface area contributed by atoms with Crippen LogP contribution in [0.5, 0.6) is 0 Å². The van der Waals surface area contributed by atoms with E-state index in [9.17, 15) is 0 Å². The second kappa shape index (κ2) is 44.8. The first-order valence-electron chi connectivity index (χ1n) is 21.7. The Balaban J connectivity index is 3.03. The van der Waals surface area contributed by atoms with E-state index in [1.54, 1.807) is 0 Å². The maximum Gasteiger partial charge on any atom is 0.00772 e. The van der Waals surface area contributed by atoms with Crippen molar-refractivity contribution >= 4 is 0 Å². The number of unbranched alkanes of at least 4 members (excludes halogenated alkanes) is 30. The molecule has 4 N–H and O–H groups in total. The third kappa shape index (κ3) is 43.8. The molecule has 4 nitrogen and oxygen atoms in total. The van der Waals surface area contributed by atoms with Crippen LogP contribution in [-0.2, 0) is 0 Å². The Kier molecular flexibility index (Phi) is 44.7. The summed E-state index contributed by atoms with van der Waals surface area (Å²) < 4.78 is 0. The van der Waals surface area contributed by atoms with Gasteiger partial charge in [-0.15, -0.1) is 0 Å². The van der Waals surface area contributed by atoms with Gasteiger partial charge >= 0.3 is 0 Å². The fraction of sp³-hybridized carbons (Fsp3) is 1.00. The summed E-state index contributed by atoms with van der Waals surface area (Å²) in [6, 6.07) is 0. The summed E-state index contributed by atoms with van der Waals surface area (Å²) in [5.41, 5.74) is 0. The summed E-state index contributed by atoms with van der Waals surface area (Å²) in [6.45, 7) is 13.5.